The Bertz CT molecular complexity index is 938. The number of carbonyl (C=O) groups is 5. The molecule has 0 radical (unpaired) electrons. The Labute approximate surface area is 215 Å². The highest BCUT2D eigenvalue weighted by Crippen LogP contribution is 2.13. The van der Waals surface area contributed by atoms with Crippen LogP contribution in [0.4, 0.5) is 0 Å². The summed E-state index contributed by atoms with van der Waals surface area (Å²) in [4.78, 5) is 61.0. The van der Waals surface area contributed by atoms with E-state index in [9.17, 15) is 34.2 Å². The smallest absolute Gasteiger partial charge is 0.326 e. The Kier molecular flexibility index (Phi) is 13.0. The molecule has 3 amide bonds. The van der Waals surface area contributed by atoms with Gasteiger partial charge in [0.25, 0.3) is 0 Å². The Balaban J connectivity index is 3.07. The van der Waals surface area contributed by atoms with Crippen LogP contribution in [-0.2, 0) is 30.4 Å². The van der Waals surface area contributed by atoms with Crippen molar-refractivity contribution in [2.24, 2.45) is 17.4 Å². The Morgan fingerprint density at radius 2 is 1.46 bits per heavy atom. The quantitative estimate of drug-likeness (QED) is 0.124. The van der Waals surface area contributed by atoms with Crippen molar-refractivity contribution in [3.8, 4) is 5.75 Å². The Morgan fingerprint density at radius 1 is 0.865 bits per heavy atom. The number of aliphatic carboxylic acids is 2. The summed E-state index contributed by atoms with van der Waals surface area (Å²) in [7, 11) is 0. The van der Waals surface area contributed by atoms with Crippen LogP contribution in [-0.4, -0.2) is 75.7 Å². The van der Waals surface area contributed by atoms with Gasteiger partial charge in [-0.05, 0) is 43.0 Å². The predicted molar refractivity (Wildman–Crippen MR) is 133 cm³/mol. The van der Waals surface area contributed by atoms with Crippen molar-refractivity contribution < 1.29 is 39.3 Å². The van der Waals surface area contributed by atoms with E-state index in [2.05, 4.69) is 16.0 Å². The minimum Gasteiger partial charge on any atom is -0.508 e. The molecule has 13 nitrogen and oxygen atoms in total. The fourth-order valence-electron chi connectivity index (χ4n) is 3.42. The summed E-state index contributed by atoms with van der Waals surface area (Å²) in [5.74, 6) is -5.63. The second-order valence-electron chi connectivity index (χ2n) is 9.05. The molecule has 1 aromatic rings. The lowest BCUT2D eigenvalue weighted by molar-refractivity contribution is -0.147. The van der Waals surface area contributed by atoms with Gasteiger partial charge in [-0.2, -0.15) is 0 Å². The molecule has 13 heteroatoms. The van der Waals surface area contributed by atoms with Crippen LogP contribution in [0.5, 0.6) is 5.75 Å². The second kappa shape index (κ2) is 15.4. The van der Waals surface area contributed by atoms with E-state index in [4.69, 9.17) is 16.6 Å². The van der Waals surface area contributed by atoms with Crippen molar-refractivity contribution in [3.05, 3.63) is 29.8 Å². The van der Waals surface area contributed by atoms with Crippen molar-refractivity contribution in [2.75, 3.05) is 6.54 Å². The van der Waals surface area contributed by atoms with Crippen molar-refractivity contribution in [3.63, 3.8) is 0 Å². The van der Waals surface area contributed by atoms with E-state index in [0.29, 0.717) is 31.4 Å². The first-order valence-corrected chi connectivity index (χ1v) is 11.9. The summed E-state index contributed by atoms with van der Waals surface area (Å²) in [5, 5.41) is 34.9. The molecule has 0 fully saturated rings. The number of nitrogens with one attached hydrogen (secondary N) is 3. The number of phenols is 1. The molecule has 0 aliphatic heterocycles. The minimum absolute atomic E-state index is 0.0105. The van der Waals surface area contributed by atoms with Crippen molar-refractivity contribution >= 4 is 29.7 Å². The standard InChI is InChI=1S/C24H37N5O8/c1-13(2)20(23(35)28-18(24(36)37)12-19(31)32)29-22(34)17(11-14-6-8-15(30)9-7-14)27-21(33)16(26)5-3-4-10-25/h6-9,13,16-18,20,30H,3-5,10-12,25-26H2,1-2H3,(H,27,33)(H,28,35)(H,29,34)(H,31,32)(H,36,37). The molecular weight excluding hydrogens is 486 g/mol. The van der Waals surface area contributed by atoms with E-state index in [0.717, 1.165) is 0 Å². The average Bonchev–Trinajstić information content (AvgIpc) is 2.82. The van der Waals surface area contributed by atoms with Crippen molar-refractivity contribution in [1.29, 1.82) is 0 Å². The molecule has 1 aromatic carbocycles. The van der Waals surface area contributed by atoms with Gasteiger partial charge in [0.1, 0.15) is 23.9 Å². The normalized spacial score (nSPS) is 14.2. The van der Waals surface area contributed by atoms with Gasteiger partial charge in [-0.3, -0.25) is 19.2 Å². The highest BCUT2D eigenvalue weighted by molar-refractivity contribution is 5.94. The van der Waals surface area contributed by atoms with Gasteiger partial charge < -0.3 is 42.7 Å². The van der Waals surface area contributed by atoms with Crippen LogP contribution in [0.1, 0.15) is 45.1 Å². The molecule has 0 aromatic heterocycles. The number of phenolic OH excluding ortho intramolecular Hbond substituents is 1. The van der Waals surface area contributed by atoms with E-state index in [-0.39, 0.29) is 12.2 Å². The molecule has 206 valence electrons. The number of nitrogens with two attached hydrogens (primary N) is 2. The number of carboxylic acid groups (broad SMARTS) is 2. The number of rotatable bonds is 16. The Hall–Kier alpha value is -3.71. The number of carbonyl (C=O) groups excluding carboxylic acids is 3. The summed E-state index contributed by atoms with van der Waals surface area (Å²) in [5.41, 5.74) is 12.0. The van der Waals surface area contributed by atoms with Gasteiger partial charge in [-0.25, -0.2) is 4.79 Å². The van der Waals surface area contributed by atoms with Crippen LogP contribution in [0.25, 0.3) is 0 Å². The zero-order valence-corrected chi connectivity index (χ0v) is 21.0. The zero-order valence-electron chi connectivity index (χ0n) is 21.0. The van der Waals surface area contributed by atoms with Crippen LogP contribution in [0.3, 0.4) is 0 Å². The van der Waals surface area contributed by atoms with E-state index >= 15 is 0 Å². The third-order valence-electron chi connectivity index (χ3n) is 5.56. The highest BCUT2D eigenvalue weighted by atomic mass is 16.4. The van der Waals surface area contributed by atoms with Crippen LogP contribution in [0.15, 0.2) is 24.3 Å². The van der Waals surface area contributed by atoms with Crippen molar-refractivity contribution in [1.82, 2.24) is 16.0 Å². The van der Waals surface area contributed by atoms with E-state index in [1.165, 1.54) is 12.1 Å². The van der Waals surface area contributed by atoms with Crippen LogP contribution in [0, 0.1) is 5.92 Å². The third-order valence-corrected chi connectivity index (χ3v) is 5.56. The monoisotopic (exact) mass is 523 g/mol. The summed E-state index contributed by atoms with van der Waals surface area (Å²) >= 11 is 0. The van der Waals surface area contributed by atoms with Gasteiger partial charge in [-0.1, -0.05) is 32.4 Å². The lowest BCUT2D eigenvalue weighted by atomic mass is 10.00. The number of aromatic hydroxyl groups is 1. The lowest BCUT2D eigenvalue weighted by Gasteiger charge is -2.27. The zero-order chi connectivity index (χ0) is 28.1. The number of amides is 3. The van der Waals surface area contributed by atoms with Crippen molar-refractivity contribution in [2.45, 2.75) is 70.1 Å². The molecule has 0 spiro atoms. The summed E-state index contributed by atoms with van der Waals surface area (Å²) in [6.45, 7) is 3.67. The van der Waals surface area contributed by atoms with E-state index < -0.39 is 66.2 Å². The van der Waals surface area contributed by atoms with Gasteiger partial charge >= 0.3 is 11.9 Å². The third kappa shape index (κ3) is 11.3. The fourth-order valence-corrected chi connectivity index (χ4v) is 3.42. The number of hydrogen-bond donors (Lipinski definition) is 8. The molecule has 0 saturated carbocycles. The van der Waals surface area contributed by atoms with Crippen LogP contribution >= 0.6 is 0 Å². The summed E-state index contributed by atoms with van der Waals surface area (Å²) in [6, 6.07) is 1.02. The molecule has 37 heavy (non-hydrogen) atoms. The predicted octanol–water partition coefficient (Wildman–Crippen LogP) is -0.939. The minimum atomic E-state index is -1.69. The fraction of sp³-hybridized carbons (Fsp3) is 0.542. The molecular formula is C24H37N5O8. The molecule has 4 atom stereocenters. The molecule has 0 aliphatic rings. The number of hydrogen-bond acceptors (Lipinski definition) is 8. The highest BCUT2D eigenvalue weighted by Gasteiger charge is 2.32. The molecule has 4 unspecified atom stereocenters. The Morgan fingerprint density at radius 3 is 1.97 bits per heavy atom. The first-order valence-electron chi connectivity index (χ1n) is 11.9. The molecule has 0 heterocycles. The SMILES string of the molecule is CC(C)C(NC(=O)C(Cc1ccc(O)cc1)NC(=O)C(N)CCCCN)C(=O)NC(CC(=O)O)C(=O)O. The average molecular weight is 524 g/mol. The number of carboxylic acids is 2. The number of unbranched alkanes of at least 4 members (excludes halogenated alkanes) is 1. The molecule has 0 aliphatic carbocycles. The largest absolute Gasteiger partial charge is 0.508 e. The lowest BCUT2D eigenvalue weighted by Crippen LogP contribution is -2.59. The van der Waals surface area contributed by atoms with Gasteiger partial charge in [0.05, 0.1) is 12.5 Å². The van der Waals surface area contributed by atoms with E-state index in [1.54, 1.807) is 26.0 Å². The topological polar surface area (TPSA) is 234 Å². The maximum Gasteiger partial charge on any atom is 0.326 e. The van der Waals surface area contributed by atoms with Crippen LogP contribution in [0.2, 0.25) is 0 Å². The maximum atomic E-state index is 13.2. The van der Waals surface area contributed by atoms with Gasteiger partial charge in [0.15, 0.2) is 0 Å². The molecule has 0 bridgehead atoms. The maximum absolute atomic E-state index is 13.2. The second-order valence-corrected chi connectivity index (χ2v) is 9.05. The summed E-state index contributed by atoms with van der Waals surface area (Å²) in [6.07, 6.45) is 0.825. The molecule has 0 saturated heterocycles. The first-order chi connectivity index (χ1) is 17.3. The van der Waals surface area contributed by atoms with Crippen LogP contribution < -0.4 is 27.4 Å². The summed E-state index contributed by atoms with van der Waals surface area (Å²) < 4.78 is 0. The van der Waals surface area contributed by atoms with Gasteiger partial charge in [-0.15, -0.1) is 0 Å². The van der Waals surface area contributed by atoms with Gasteiger partial charge in [0.2, 0.25) is 17.7 Å². The number of benzene rings is 1. The first kappa shape index (κ1) is 31.3. The van der Waals surface area contributed by atoms with Gasteiger partial charge in [0, 0.05) is 6.42 Å². The molecule has 1 rings (SSSR count). The van der Waals surface area contributed by atoms with E-state index in [1.807, 2.05) is 0 Å². The molecule has 10 N–H and O–H groups in total.